The number of aromatic carboxylic acids is 1. The summed E-state index contributed by atoms with van der Waals surface area (Å²) < 4.78 is 22.6. The third kappa shape index (κ3) is 4.93. The second-order valence-electron chi connectivity index (χ2n) is 9.22. The van der Waals surface area contributed by atoms with Crippen LogP contribution in [0.4, 0.5) is 15.8 Å². The van der Waals surface area contributed by atoms with Gasteiger partial charge >= 0.3 is 5.97 Å². The maximum Gasteiger partial charge on any atom is 0.341 e. The smallest absolute Gasteiger partial charge is 0.341 e. The molecule has 0 bridgehead atoms. The molecule has 1 atom stereocenters. The molecule has 5 rings (SSSR count). The first-order valence-electron chi connectivity index (χ1n) is 11.8. The van der Waals surface area contributed by atoms with E-state index in [2.05, 4.69) is 4.90 Å². The number of carboxylic acid groups (broad SMARTS) is 1. The Morgan fingerprint density at radius 1 is 1.16 bits per heavy atom. The lowest BCUT2D eigenvalue weighted by atomic mass is 10.1. The predicted octanol–water partition coefficient (Wildman–Crippen LogP) is 1.12. The number of hydrogen-bond donors (Lipinski definition) is 5. The van der Waals surface area contributed by atoms with E-state index in [1.807, 2.05) is 24.3 Å². The Bertz CT molecular complexity index is 1470. The Kier molecular flexibility index (Phi) is 7.41. The fourth-order valence-electron chi connectivity index (χ4n) is 4.51. The molecule has 0 radical (unpaired) electrons. The van der Waals surface area contributed by atoms with E-state index in [1.54, 1.807) is 4.57 Å². The number of piperazine rings is 1. The number of phenolic OH excluding ortho intramolecular Hbond substituents is 1. The second kappa shape index (κ2) is 10.6. The number of benzene rings is 2. The highest BCUT2D eigenvalue weighted by Crippen LogP contribution is 2.42. The Morgan fingerprint density at radius 2 is 1.84 bits per heavy atom. The molecule has 38 heavy (non-hydrogen) atoms. The molecule has 1 amide bonds. The molecule has 0 aliphatic carbocycles. The van der Waals surface area contributed by atoms with E-state index in [1.165, 1.54) is 24.4 Å². The van der Waals surface area contributed by atoms with Crippen molar-refractivity contribution >= 4 is 34.2 Å². The molecule has 12 nitrogen and oxygen atoms in total. The molecule has 0 spiro atoms. The van der Waals surface area contributed by atoms with Gasteiger partial charge < -0.3 is 35.1 Å². The van der Waals surface area contributed by atoms with E-state index >= 15 is 0 Å². The van der Waals surface area contributed by atoms with Crippen LogP contribution in [0.25, 0.3) is 10.9 Å². The Balaban J connectivity index is 0.000000236. The van der Waals surface area contributed by atoms with Crippen molar-refractivity contribution in [1.29, 1.82) is 0 Å². The van der Waals surface area contributed by atoms with Crippen molar-refractivity contribution in [1.82, 2.24) is 14.9 Å². The molecule has 1 fully saturated rings. The minimum Gasteiger partial charge on any atom is -0.507 e. The summed E-state index contributed by atoms with van der Waals surface area (Å²) >= 11 is 0. The molecule has 2 aliphatic heterocycles. The minimum atomic E-state index is -1.32. The number of hydrazine groups is 1. The SMILES string of the molecule is CC1COc2c(N3CCN(C)CC3)c(F)cc3c(=O)c(C(=O)O)cn1c23.NNC(=O)c1ccc(N)cc1O. The van der Waals surface area contributed by atoms with Crippen LogP contribution in [-0.4, -0.2) is 71.4 Å². The van der Waals surface area contributed by atoms with Gasteiger partial charge in [-0.3, -0.25) is 15.0 Å². The van der Waals surface area contributed by atoms with Crippen LogP contribution in [-0.2, 0) is 0 Å². The van der Waals surface area contributed by atoms with Crippen LogP contribution in [0, 0.1) is 5.82 Å². The van der Waals surface area contributed by atoms with Crippen molar-refractivity contribution in [3.63, 3.8) is 0 Å². The molecular formula is C25H29FN6O6. The van der Waals surface area contributed by atoms with E-state index in [4.69, 9.17) is 16.3 Å². The largest absolute Gasteiger partial charge is 0.507 e. The van der Waals surface area contributed by atoms with Crippen LogP contribution >= 0.6 is 0 Å². The first kappa shape index (κ1) is 26.7. The maximum atomic E-state index is 15.0. The monoisotopic (exact) mass is 528 g/mol. The molecule has 2 aliphatic rings. The molecule has 3 heterocycles. The summed E-state index contributed by atoms with van der Waals surface area (Å²) in [6, 6.07) is 5.18. The number of nitrogens with zero attached hydrogens (tertiary/aromatic N) is 3. The molecule has 2 aromatic carbocycles. The number of nitrogens with one attached hydrogen (secondary N) is 1. The number of pyridine rings is 1. The van der Waals surface area contributed by atoms with Crippen LogP contribution in [0.2, 0.25) is 0 Å². The Labute approximate surface area is 216 Å². The standard InChI is InChI=1S/C18H20FN3O4.C7H9N3O2/c1-10-9-26-17-14-11(16(23)12(18(24)25)8-22(10)14)7-13(19)15(17)21-5-3-20(2)4-6-21;8-4-1-2-5(6(11)3-4)7(12)10-9/h7-8,10H,3-6,9H2,1-2H3,(H,24,25);1-3,11H,8-9H2,(H,10,12). The zero-order valence-electron chi connectivity index (χ0n) is 20.9. The fourth-order valence-corrected chi connectivity index (χ4v) is 4.51. The van der Waals surface area contributed by atoms with Gasteiger partial charge in [0.25, 0.3) is 5.91 Å². The highest BCUT2D eigenvalue weighted by molar-refractivity contribution is 5.98. The lowest BCUT2D eigenvalue weighted by molar-refractivity contribution is 0.0694. The lowest BCUT2D eigenvalue weighted by Crippen LogP contribution is -2.45. The number of hydrogen-bond acceptors (Lipinski definition) is 9. The van der Waals surface area contributed by atoms with Gasteiger partial charge in [0.05, 0.1) is 22.5 Å². The van der Waals surface area contributed by atoms with E-state index in [-0.39, 0.29) is 34.9 Å². The molecule has 3 aromatic rings. The molecule has 1 aromatic heterocycles. The highest BCUT2D eigenvalue weighted by atomic mass is 19.1. The molecule has 202 valence electrons. The van der Waals surface area contributed by atoms with Gasteiger partial charge in [-0.2, -0.15) is 0 Å². The van der Waals surface area contributed by atoms with Gasteiger partial charge in [-0.25, -0.2) is 15.0 Å². The molecule has 0 saturated carbocycles. The van der Waals surface area contributed by atoms with Crippen molar-refractivity contribution in [2.75, 3.05) is 50.5 Å². The van der Waals surface area contributed by atoms with Gasteiger partial charge in [0.2, 0.25) is 5.43 Å². The predicted molar refractivity (Wildman–Crippen MR) is 139 cm³/mol. The van der Waals surface area contributed by atoms with Gasteiger partial charge in [-0.05, 0) is 32.2 Å². The van der Waals surface area contributed by atoms with Gasteiger partial charge in [0.15, 0.2) is 11.6 Å². The number of ether oxygens (including phenoxy) is 1. The number of rotatable bonds is 3. The summed E-state index contributed by atoms with van der Waals surface area (Å²) in [5, 5.41) is 18.6. The third-order valence-electron chi connectivity index (χ3n) is 6.59. The number of nitrogen functional groups attached to an aromatic ring is 2. The fraction of sp³-hybridized carbons (Fsp3) is 0.320. The van der Waals surface area contributed by atoms with Gasteiger partial charge in [-0.15, -0.1) is 0 Å². The Morgan fingerprint density at radius 3 is 2.45 bits per heavy atom. The lowest BCUT2D eigenvalue weighted by Gasteiger charge is -2.37. The number of carbonyl (C=O) groups is 2. The first-order valence-corrected chi connectivity index (χ1v) is 11.8. The summed E-state index contributed by atoms with van der Waals surface area (Å²) in [7, 11) is 2.02. The van der Waals surface area contributed by atoms with Crippen LogP contribution in [0.1, 0.15) is 33.7 Å². The molecule has 7 N–H and O–H groups in total. The summed E-state index contributed by atoms with van der Waals surface area (Å²) in [5.74, 6) is 2.60. The molecule has 13 heteroatoms. The first-order chi connectivity index (χ1) is 18.0. The summed E-state index contributed by atoms with van der Waals surface area (Å²) in [5.41, 5.74) is 7.52. The number of carboxylic acids is 1. The topological polar surface area (TPSA) is 176 Å². The number of carbonyl (C=O) groups excluding carboxylic acids is 1. The summed E-state index contributed by atoms with van der Waals surface area (Å²) in [6.45, 7) is 5.08. The van der Waals surface area contributed by atoms with Gasteiger partial charge in [-0.1, -0.05) is 0 Å². The van der Waals surface area contributed by atoms with E-state index in [0.717, 1.165) is 19.2 Å². The average molecular weight is 529 g/mol. The number of likely N-dealkylation sites (N-methyl/N-ethyl adjacent to an activating group) is 1. The number of aromatic nitrogens is 1. The maximum absolute atomic E-state index is 15.0. The van der Waals surface area contributed by atoms with Crippen LogP contribution < -0.4 is 32.1 Å². The molecular weight excluding hydrogens is 499 g/mol. The number of halogens is 1. The van der Waals surface area contributed by atoms with Gasteiger partial charge in [0, 0.05) is 44.1 Å². The normalized spacial score (nSPS) is 16.8. The van der Waals surface area contributed by atoms with Crippen molar-refractivity contribution in [2.24, 2.45) is 5.84 Å². The van der Waals surface area contributed by atoms with Crippen LogP contribution in [0.5, 0.6) is 11.5 Å². The van der Waals surface area contributed by atoms with E-state index in [0.29, 0.717) is 35.7 Å². The second-order valence-corrected chi connectivity index (χ2v) is 9.22. The highest BCUT2D eigenvalue weighted by Gasteiger charge is 2.30. The van der Waals surface area contributed by atoms with Crippen LogP contribution in [0.15, 0.2) is 35.3 Å². The minimum absolute atomic E-state index is 0.0434. The quantitative estimate of drug-likeness (QED) is 0.143. The van der Waals surface area contributed by atoms with Crippen molar-refractivity contribution in [3.8, 4) is 11.5 Å². The van der Waals surface area contributed by atoms with Crippen molar-refractivity contribution < 1.29 is 28.9 Å². The summed E-state index contributed by atoms with van der Waals surface area (Å²) in [6.07, 6.45) is 1.34. The van der Waals surface area contributed by atoms with E-state index < -0.39 is 23.1 Å². The van der Waals surface area contributed by atoms with E-state index in [9.17, 15) is 29.0 Å². The molecule has 1 unspecified atom stereocenters. The third-order valence-corrected chi connectivity index (χ3v) is 6.59. The zero-order valence-corrected chi connectivity index (χ0v) is 20.9. The number of phenols is 1. The number of aromatic hydroxyl groups is 1. The molecule has 1 saturated heterocycles. The Hall–Kier alpha value is -4.36. The number of anilines is 2. The number of nitrogens with two attached hydrogens (primary N) is 2. The van der Waals surface area contributed by atoms with Crippen molar-refractivity contribution in [2.45, 2.75) is 13.0 Å². The summed E-state index contributed by atoms with van der Waals surface area (Å²) in [4.78, 5) is 39.0. The van der Waals surface area contributed by atoms with Crippen LogP contribution in [0.3, 0.4) is 0 Å². The van der Waals surface area contributed by atoms with Gasteiger partial charge in [0.1, 0.15) is 23.6 Å². The number of amides is 1. The van der Waals surface area contributed by atoms with Crippen molar-refractivity contribution in [3.05, 3.63) is 57.6 Å². The average Bonchev–Trinajstić information content (AvgIpc) is 2.87. The zero-order chi connectivity index (χ0) is 27.7.